The van der Waals surface area contributed by atoms with Crippen LogP contribution in [0.1, 0.15) is 337 Å². The second-order valence-corrected chi connectivity index (χ2v) is 46.6. The Morgan fingerprint density at radius 1 is 0.333 bits per heavy atom. The third-order valence-electron chi connectivity index (χ3n) is 27.4. The molecule has 3 aliphatic heterocycles. The molecule has 0 bridgehead atoms. The molecule has 0 spiro atoms. The van der Waals surface area contributed by atoms with Crippen LogP contribution in [0.3, 0.4) is 0 Å². The molecule has 7 aromatic rings. The van der Waals surface area contributed by atoms with Crippen LogP contribution in [0.2, 0.25) is 0 Å². The molecule has 14 heteroatoms. The SMILES string of the molecule is CC(C)(C)c1ccc(C2(C(N)=O)CCN(C3CC3)CC2)cc1.CC(C)(C)c1ccc(C2(C(N)=O)CCN(C3CCC3)CC2)cc1.CC(C)(C)c1ccc(C2(C(N)=O)CCN(C3CCCC3)CC2)cc1.CC(C)(C)c1ccc(C2(C)CC2)cc1.CC(C)(C)c1ccc(S(C)(=O)=O)cc1.CC(C)Oc1ccc(C(C)(C)C)cc1.COc1ccc(C(C)(C)C)cc1. The van der Waals surface area contributed by atoms with Crippen LogP contribution in [0.25, 0.3) is 0 Å². The van der Waals surface area contributed by atoms with Crippen LogP contribution in [0.5, 0.6) is 11.5 Å². The van der Waals surface area contributed by atoms with Crippen molar-refractivity contribution >= 4 is 27.6 Å². The van der Waals surface area contributed by atoms with Crippen LogP contribution >= 0.6 is 0 Å². The number of benzene rings is 7. The first-order chi connectivity index (χ1) is 57.0. The molecule has 7 fully saturated rings. The molecule has 3 amide bonds. The van der Waals surface area contributed by atoms with E-state index >= 15 is 0 Å². The van der Waals surface area contributed by atoms with Crippen molar-refractivity contribution in [1.29, 1.82) is 0 Å². The summed E-state index contributed by atoms with van der Waals surface area (Å²) in [6, 6.07) is 60.9. The summed E-state index contributed by atoms with van der Waals surface area (Å²) in [7, 11) is -1.38. The molecule has 7 aromatic carbocycles. The van der Waals surface area contributed by atoms with E-state index in [4.69, 9.17) is 26.7 Å². The third-order valence-corrected chi connectivity index (χ3v) is 28.5. The minimum atomic E-state index is -3.07. The summed E-state index contributed by atoms with van der Waals surface area (Å²) in [4.78, 5) is 45.0. The first kappa shape index (κ1) is 101. The van der Waals surface area contributed by atoms with E-state index in [2.05, 4.69) is 288 Å². The van der Waals surface area contributed by atoms with Gasteiger partial charge in [0.25, 0.3) is 0 Å². The highest BCUT2D eigenvalue weighted by molar-refractivity contribution is 7.90. The number of methoxy groups -OCH3 is 1. The predicted octanol–water partition coefficient (Wildman–Crippen LogP) is 23.3. The number of nitrogens with two attached hydrogens (primary N) is 3. The van der Waals surface area contributed by atoms with Crippen LogP contribution < -0.4 is 26.7 Å². The summed E-state index contributed by atoms with van der Waals surface area (Å²) in [6.45, 7) is 58.7. The Morgan fingerprint density at radius 3 is 0.748 bits per heavy atom. The topological polar surface area (TPSA) is 192 Å². The Labute approximate surface area is 746 Å². The second-order valence-electron chi connectivity index (χ2n) is 44.5. The molecule has 0 unspecified atom stereocenters. The maximum Gasteiger partial charge on any atom is 0.228 e. The quantitative estimate of drug-likeness (QED) is 0.0944. The van der Waals surface area contributed by atoms with Crippen molar-refractivity contribution in [2.75, 3.05) is 52.6 Å². The average Bonchev–Trinajstić information content (AvgIpc) is 1.14. The number of primary amides is 3. The van der Waals surface area contributed by atoms with Crippen molar-refractivity contribution in [3.05, 3.63) is 231 Å². The number of sulfone groups is 1. The summed E-state index contributed by atoms with van der Waals surface area (Å²) in [5.41, 5.74) is 31.9. The molecule has 4 aliphatic carbocycles. The number of amides is 3. The fourth-order valence-electron chi connectivity index (χ4n) is 17.6. The third kappa shape index (κ3) is 27.9. The molecule has 0 radical (unpaired) electrons. The molecule has 7 aliphatic rings. The van der Waals surface area contributed by atoms with E-state index in [0.717, 1.165) is 130 Å². The first-order valence-corrected chi connectivity index (χ1v) is 48.2. The number of hydrogen-bond donors (Lipinski definition) is 3. The van der Waals surface area contributed by atoms with E-state index in [1.54, 1.807) is 19.2 Å². The molecule has 6 N–H and O–H groups in total. The van der Waals surface area contributed by atoms with Crippen molar-refractivity contribution in [3.63, 3.8) is 0 Å². The smallest absolute Gasteiger partial charge is 0.228 e. The monoisotopic (exact) mass is 1700 g/mol. The minimum Gasteiger partial charge on any atom is -0.497 e. The highest BCUT2D eigenvalue weighted by Crippen LogP contribution is 2.48. The van der Waals surface area contributed by atoms with Gasteiger partial charge in [0, 0.05) is 24.4 Å². The van der Waals surface area contributed by atoms with E-state index < -0.39 is 26.1 Å². The van der Waals surface area contributed by atoms with Gasteiger partial charge >= 0.3 is 0 Å². The van der Waals surface area contributed by atoms with Crippen LogP contribution in [-0.4, -0.2) is 118 Å². The van der Waals surface area contributed by atoms with Gasteiger partial charge in [-0.2, -0.15) is 0 Å². The van der Waals surface area contributed by atoms with Crippen LogP contribution in [0.4, 0.5) is 0 Å². The largest absolute Gasteiger partial charge is 0.497 e. The van der Waals surface area contributed by atoms with Crippen molar-refractivity contribution in [2.45, 2.75) is 364 Å². The van der Waals surface area contributed by atoms with Gasteiger partial charge in [-0.3, -0.25) is 14.4 Å². The molecule has 676 valence electrons. The van der Waals surface area contributed by atoms with Gasteiger partial charge in [-0.1, -0.05) is 305 Å². The summed E-state index contributed by atoms with van der Waals surface area (Å²) in [6.07, 6.45) is 21.3. The van der Waals surface area contributed by atoms with Gasteiger partial charge in [-0.25, -0.2) is 8.42 Å². The lowest BCUT2D eigenvalue weighted by Crippen LogP contribution is -2.53. The Hall–Kier alpha value is -7.62. The van der Waals surface area contributed by atoms with Crippen molar-refractivity contribution in [1.82, 2.24) is 14.7 Å². The maximum absolute atomic E-state index is 12.4. The second kappa shape index (κ2) is 41.0. The zero-order chi connectivity index (χ0) is 91.3. The molecule has 13 nitrogen and oxygen atoms in total. The van der Waals surface area contributed by atoms with Gasteiger partial charge < -0.3 is 41.4 Å². The van der Waals surface area contributed by atoms with Gasteiger partial charge in [-0.15, -0.1) is 0 Å². The molecule has 14 rings (SSSR count). The number of likely N-dealkylation sites (tertiary alicyclic amines) is 3. The number of piperidine rings is 3. The van der Waals surface area contributed by atoms with E-state index in [9.17, 15) is 22.8 Å². The first-order valence-electron chi connectivity index (χ1n) is 46.3. The Morgan fingerprint density at radius 2 is 0.553 bits per heavy atom. The predicted molar refractivity (Wildman–Crippen MR) is 516 cm³/mol. The Bertz CT molecular complexity index is 4550. The van der Waals surface area contributed by atoms with Crippen LogP contribution in [0, 0.1) is 0 Å². The lowest BCUT2D eigenvalue weighted by molar-refractivity contribution is -0.126. The van der Waals surface area contributed by atoms with E-state index in [1.165, 1.54) is 116 Å². The molecule has 4 saturated carbocycles. The van der Waals surface area contributed by atoms with Gasteiger partial charge in [-0.05, 0) is 284 Å². The standard InChI is InChI=1S/C21H32N2O.C20H30N2O.C19H28N2O.C14H20.C13H20O.C11H16O2S.C11H16O/c1-20(2,3)16-8-10-17(11-9-16)21(19(22)24)12-14-23(15-13-21)18-6-4-5-7-18;1-19(2,3)15-7-9-16(10-8-15)20(18(21)23)11-13-22(14-12-20)17-5-4-6-17;1-18(2,3)14-4-6-15(7-5-14)19(17(20)22)10-12-21(13-11-19)16-8-9-16;1-13(2,3)11-5-7-12(8-6-11)14(4)9-10-14;1-10(2)14-12-8-6-11(7-9-12)13(3,4)5;1-11(2,3)9-5-7-10(8-6-9)14(4,12)13;1-11(2,3)9-5-7-10(12-4)8-6-9/h8-11,18H,4-7,12-15H2,1-3H3,(H2,22,24);7-10,17H,4-6,11-14H2,1-3H3,(H2,21,23);4-7,16H,8-13H2,1-3H3,(H2,20,22);5-8H,9-10H2,1-4H3;6-10H,1-5H3;5-8H,1-4H3;5-8H,1-4H3. The minimum absolute atomic E-state index is 0.0655. The highest BCUT2D eigenvalue weighted by Gasteiger charge is 2.47. The van der Waals surface area contributed by atoms with Gasteiger partial charge in [0.15, 0.2) is 9.84 Å². The number of carbonyl (C=O) groups is 3. The van der Waals surface area contributed by atoms with Crippen molar-refractivity contribution in [3.8, 4) is 11.5 Å². The average molecular weight is 1700 g/mol. The van der Waals surface area contributed by atoms with E-state index in [0.29, 0.717) is 10.3 Å². The molecule has 3 saturated heterocycles. The molecular formula is C109H162N6O7S. The number of rotatable bonds is 14. The molecular weight excluding hydrogens is 1540 g/mol. The lowest BCUT2D eigenvalue weighted by atomic mass is 9.70. The zero-order valence-corrected chi connectivity index (χ0v) is 81.9. The fraction of sp³-hybridized carbons (Fsp3) is 0.587. The summed E-state index contributed by atoms with van der Waals surface area (Å²) in [5, 5.41) is 0. The van der Waals surface area contributed by atoms with Gasteiger partial charge in [0.1, 0.15) is 11.5 Å². The van der Waals surface area contributed by atoms with Crippen molar-refractivity contribution in [2.24, 2.45) is 17.2 Å². The summed E-state index contributed by atoms with van der Waals surface area (Å²) < 4.78 is 33.1. The number of hydrogen-bond acceptors (Lipinski definition) is 10. The van der Waals surface area contributed by atoms with Crippen LogP contribution in [-0.2, 0) is 83.8 Å². The fourth-order valence-corrected chi connectivity index (χ4v) is 18.3. The van der Waals surface area contributed by atoms with Gasteiger partial charge in [0.2, 0.25) is 17.7 Å². The highest BCUT2D eigenvalue weighted by atomic mass is 32.2. The molecule has 123 heavy (non-hydrogen) atoms. The normalized spacial score (nSPS) is 18.8. The lowest BCUT2D eigenvalue weighted by Gasteiger charge is -2.45. The van der Waals surface area contributed by atoms with Crippen molar-refractivity contribution < 1.29 is 32.3 Å². The molecule has 3 heterocycles. The zero-order valence-electron chi connectivity index (χ0n) is 81.1. The van der Waals surface area contributed by atoms with E-state index in [1.807, 2.05) is 50.2 Å². The maximum atomic E-state index is 12.4. The Balaban J connectivity index is 0.000000181. The molecule has 0 atom stereocenters. The van der Waals surface area contributed by atoms with Gasteiger partial charge in [0.05, 0.1) is 34.4 Å². The number of nitrogens with zero attached hydrogens (tertiary/aromatic N) is 3. The van der Waals surface area contributed by atoms with Crippen LogP contribution in [0.15, 0.2) is 175 Å². The number of carbonyl (C=O) groups excluding carboxylic acids is 3. The molecule has 0 aromatic heterocycles. The summed E-state index contributed by atoms with van der Waals surface area (Å²) in [5.74, 6) is 1.40. The summed E-state index contributed by atoms with van der Waals surface area (Å²) >= 11 is 0. The van der Waals surface area contributed by atoms with E-state index in [-0.39, 0.29) is 61.7 Å². The Kier molecular flexibility index (Phi) is 33.6. The number of ether oxygens (including phenoxy) is 2.